The maximum atomic E-state index is 12.3. The Morgan fingerprint density at radius 1 is 1.29 bits per heavy atom. The minimum atomic E-state index is -0.494. The number of nitro benzene ring substituents is 1. The molecule has 1 N–H and O–H groups in total. The Hall–Kier alpha value is -2.74. The Bertz CT molecular complexity index is 975. The van der Waals surface area contributed by atoms with Gasteiger partial charge in [-0.2, -0.15) is 0 Å². The molecule has 1 aromatic carbocycles. The number of non-ortho nitro benzene ring substituents is 1. The number of nitrogens with one attached hydrogen (secondary N) is 1. The summed E-state index contributed by atoms with van der Waals surface area (Å²) in [7, 11) is 0. The molecule has 124 valence electrons. The molecule has 0 aliphatic heterocycles. The van der Waals surface area contributed by atoms with Crippen LogP contribution < -0.4 is 10.3 Å². The number of hydrogen-bond donors (Lipinski definition) is 1. The molecule has 0 spiro atoms. The van der Waals surface area contributed by atoms with Crippen molar-refractivity contribution < 1.29 is 9.66 Å². The summed E-state index contributed by atoms with van der Waals surface area (Å²) < 4.78 is 5.73. The number of fused-ring (bicyclic) bond motifs is 1. The van der Waals surface area contributed by atoms with Crippen molar-refractivity contribution in [2.75, 3.05) is 0 Å². The minimum Gasteiger partial charge on any atom is -0.483 e. The summed E-state index contributed by atoms with van der Waals surface area (Å²) >= 11 is 1.47. The molecule has 0 amide bonds. The smallest absolute Gasteiger partial charge is 0.269 e. The van der Waals surface area contributed by atoms with Gasteiger partial charge in [0.25, 0.3) is 11.2 Å². The first-order valence-corrected chi connectivity index (χ1v) is 8.09. The van der Waals surface area contributed by atoms with E-state index in [9.17, 15) is 14.9 Å². The average molecular weight is 345 g/mol. The van der Waals surface area contributed by atoms with Crippen LogP contribution >= 0.6 is 11.3 Å². The molecule has 3 aromatic rings. The molecule has 0 aliphatic carbocycles. The van der Waals surface area contributed by atoms with Crippen molar-refractivity contribution in [1.29, 1.82) is 0 Å². The van der Waals surface area contributed by atoms with Gasteiger partial charge in [0, 0.05) is 17.0 Å². The van der Waals surface area contributed by atoms with Crippen molar-refractivity contribution in [3.05, 3.63) is 61.0 Å². The van der Waals surface area contributed by atoms with E-state index >= 15 is 0 Å². The van der Waals surface area contributed by atoms with Gasteiger partial charge in [-0.3, -0.25) is 14.9 Å². The Morgan fingerprint density at radius 2 is 1.96 bits per heavy atom. The third-order valence-corrected chi connectivity index (χ3v) is 4.90. The summed E-state index contributed by atoms with van der Waals surface area (Å²) in [6.45, 7) is 5.62. The lowest BCUT2D eigenvalue weighted by Crippen LogP contribution is -2.16. The molecule has 2 aromatic heterocycles. The van der Waals surface area contributed by atoms with E-state index in [-0.39, 0.29) is 11.2 Å². The second-order valence-electron chi connectivity index (χ2n) is 5.43. The van der Waals surface area contributed by atoms with Gasteiger partial charge >= 0.3 is 0 Å². The molecular formula is C16H15N3O4S. The summed E-state index contributed by atoms with van der Waals surface area (Å²) in [5.41, 5.74) is 0.753. The first-order chi connectivity index (χ1) is 11.4. The van der Waals surface area contributed by atoms with Crippen LogP contribution in [0.3, 0.4) is 0 Å². The molecule has 2 heterocycles. The molecule has 0 fully saturated rings. The van der Waals surface area contributed by atoms with Crippen molar-refractivity contribution in [2.45, 2.75) is 26.9 Å². The highest BCUT2D eigenvalue weighted by Gasteiger charge is 2.16. The molecule has 0 radical (unpaired) electrons. The number of H-pyrrole nitrogens is 1. The van der Waals surface area contributed by atoms with Gasteiger partial charge in [-0.05, 0) is 38.5 Å². The first-order valence-electron chi connectivity index (χ1n) is 7.28. The summed E-state index contributed by atoms with van der Waals surface area (Å²) in [6.07, 6.45) is -0.494. The second kappa shape index (κ2) is 6.04. The Balaban J connectivity index is 1.89. The third kappa shape index (κ3) is 2.88. The topological polar surface area (TPSA) is 98.1 Å². The van der Waals surface area contributed by atoms with Gasteiger partial charge in [0.2, 0.25) is 0 Å². The molecule has 0 bridgehead atoms. The van der Waals surface area contributed by atoms with Crippen LogP contribution in [0.25, 0.3) is 10.2 Å². The largest absolute Gasteiger partial charge is 0.483 e. The predicted octanol–water partition coefficient (Wildman–Crippen LogP) is 3.65. The number of hydrogen-bond acceptors (Lipinski definition) is 6. The van der Waals surface area contributed by atoms with Crippen LogP contribution in [0, 0.1) is 24.0 Å². The fraction of sp³-hybridized carbons (Fsp3) is 0.250. The van der Waals surface area contributed by atoms with Crippen molar-refractivity contribution in [3.8, 4) is 5.75 Å². The number of thiophene rings is 1. The lowest BCUT2D eigenvalue weighted by molar-refractivity contribution is -0.384. The highest BCUT2D eigenvalue weighted by molar-refractivity contribution is 7.18. The minimum absolute atomic E-state index is 0.00695. The molecular weight excluding hydrogens is 330 g/mol. The van der Waals surface area contributed by atoms with E-state index in [1.54, 1.807) is 6.92 Å². The van der Waals surface area contributed by atoms with Crippen LogP contribution in [0.5, 0.6) is 5.75 Å². The summed E-state index contributed by atoms with van der Waals surface area (Å²) in [4.78, 5) is 31.5. The number of aromatic nitrogens is 2. The Kier molecular flexibility index (Phi) is 4.06. The number of nitrogens with zero attached hydrogens (tertiary/aromatic N) is 2. The average Bonchev–Trinajstić information content (AvgIpc) is 2.82. The highest BCUT2D eigenvalue weighted by atomic mass is 32.1. The molecule has 8 heteroatoms. The molecule has 0 aliphatic rings. The van der Waals surface area contributed by atoms with Crippen LogP contribution in [0.1, 0.15) is 29.3 Å². The quantitative estimate of drug-likeness (QED) is 0.575. The van der Waals surface area contributed by atoms with Crippen molar-refractivity contribution in [1.82, 2.24) is 9.97 Å². The molecule has 1 atom stereocenters. The van der Waals surface area contributed by atoms with E-state index in [4.69, 9.17) is 4.74 Å². The lowest BCUT2D eigenvalue weighted by Gasteiger charge is -2.13. The predicted molar refractivity (Wildman–Crippen MR) is 91.9 cm³/mol. The monoisotopic (exact) mass is 345 g/mol. The van der Waals surface area contributed by atoms with E-state index in [1.807, 2.05) is 13.8 Å². The van der Waals surface area contributed by atoms with E-state index in [0.29, 0.717) is 21.8 Å². The fourth-order valence-electron chi connectivity index (χ4n) is 2.37. The number of nitro groups is 1. The van der Waals surface area contributed by atoms with Crippen molar-refractivity contribution in [2.24, 2.45) is 0 Å². The van der Waals surface area contributed by atoms with E-state index in [0.717, 1.165) is 10.4 Å². The second-order valence-corrected chi connectivity index (χ2v) is 6.63. The van der Waals surface area contributed by atoms with Gasteiger partial charge in [-0.1, -0.05) is 0 Å². The van der Waals surface area contributed by atoms with E-state index in [2.05, 4.69) is 9.97 Å². The van der Waals surface area contributed by atoms with Crippen LogP contribution in [0.2, 0.25) is 0 Å². The molecule has 0 saturated heterocycles. The van der Waals surface area contributed by atoms with E-state index in [1.165, 1.54) is 35.6 Å². The Morgan fingerprint density at radius 3 is 2.58 bits per heavy atom. The van der Waals surface area contributed by atoms with Gasteiger partial charge in [-0.15, -0.1) is 11.3 Å². The molecule has 3 rings (SSSR count). The summed E-state index contributed by atoms with van der Waals surface area (Å²) in [5, 5.41) is 11.3. The number of rotatable bonds is 4. The molecule has 7 nitrogen and oxygen atoms in total. The van der Waals surface area contributed by atoms with Gasteiger partial charge in [0.05, 0.1) is 10.3 Å². The van der Waals surface area contributed by atoms with Gasteiger partial charge in [-0.25, -0.2) is 4.98 Å². The SMILES string of the molecule is Cc1sc2nc([C@H](C)Oc3ccc([N+](=O)[O-])cc3)[nH]c(=O)c2c1C. The Labute approximate surface area is 141 Å². The molecule has 0 unspecified atom stereocenters. The van der Waals surface area contributed by atoms with Crippen molar-refractivity contribution >= 4 is 27.2 Å². The number of benzene rings is 1. The van der Waals surface area contributed by atoms with Crippen LogP contribution in [0.15, 0.2) is 29.1 Å². The zero-order valence-corrected chi connectivity index (χ0v) is 14.1. The maximum Gasteiger partial charge on any atom is 0.269 e. The van der Waals surface area contributed by atoms with Gasteiger partial charge < -0.3 is 9.72 Å². The maximum absolute atomic E-state index is 12.3. The van der Waals surface area contributed by atoms with Crippen molar-refractivity contribution in [3.63, 3.8) is 0 Å². The standard InChI is InChI=1S/C16H15N3O4S/c1-8-10(3)24-16-13(8)15(20)17-14(18-16)9(2)23-12-6-4-11(5-7-12)19(21)22/h4-7,9H,1-3H3,(H,17,18,20)/t9-/m0/s1. The third-order valence-electron chi connectivity index (χ3n) is 3.80. The zero-order valence-electron chi connectivity index (χ0n) is 13.3. The van der Waals surface area contributed by atoms with Crippen LogP contribution in [-0.4, -0.2) is 14.9 Å². The fourth-order valence-corrected chi connectivity index (χ4v) is 3.41. The summed E-state index contributed by atoms with van der Waals surface area (Å²) in [5.74, 6) is 0.890. The van der Waals surface area contributed by atoms with Gasteiger partial charge in [0.15, 0.2) is 11.9 Å². The highest BCUT2D eigenvalue weighted by Crippen LogP contribution is 2.27. The van der Waals surface area contributed by atoms with Crippen LogP contribution in [-0.2, 0) is 0 Å². The number of aryl methyl sites for hydroxylation is 2. The number of aromatic amines is 1. The molecule has 24 heavy (non-hydrogen) atoms. The molecule has 0 saturated carbocycles. The lowest BCUT2D eigenvalue weighted by atomic mass is 10.2. The zero-order chi connectivity index (χ0) is 17.4. The first kappa shape index (κ1) is 16.1. The summed E-state index contributed by atoms with van der Waals surface area (Å²) in [6, 6.07) is 5.77. The van der Waals surface area contributed by atoms with E-state index < -0.39 is 11.0 Å². The normalized spacial score (nSPS) is 12.3. The van der Waals surface area contributed by atoms with Crippen LogP contribution in [0.4, 0.5) is 5.69 Å². The number of ether oxygens (including phenoxy) is 1. The van der Waals surface area contributed by atoms with Gasteiger partial charge in [0.1, 0.15) is 10.6 Å².